The first-order valence-corrected chi connectivity index (χ1v) is 6.63. The van der Waals surface area contributed by atoms with E-state index in [2.05, 4.69) is 37.1 Å². The molecule has 0 fully saturated rings. The van der Waals surface area contributed by atoms with E-state index in [1.54, 1.807) is 0 Å². The summed E-state index contributed by atoms with van der Waals surface area (Å²) in [5.74, 6) is 0. The normalized spacial score (nSPS) is 10.7. The van der Waals surface area contributed by atoms with Crippen LogP contribution in [0.4, 0.5) is 5.69 Å². The van der Waals surface area contributed by atoms with Crippen molar-refractivity contribution in [3.63, 3.8) is 0 Å². The molecule has 1 heterocycles. The molecule has 0 bridgehead atoms. The zero-order chi connectivity index (χ0) is 14.1. The zero-order valence-electron chi connectivity index (χ0n) is 11.7. The summed E-state index contributed by atoms with van der Waals surface area (Å²) in [5, 5.41) is 4.63. The van der Waals surface area contributed by atoms with E-state index in [4.69, 9.17) is 5.73 Å². The molecule has 20 heavy (non-hydrogen) atoms. The van der Waals surface area contributed by atoms with Crippen LogP contribution < -0.4 is 5.73 Å². The Hall–Kier alpha value is -2.55. The lowest BCUT2D eigenvalue weighted by atomic mass is 10.0. The number of aryl methyl sites for hydroxylation is 2. The summed E-state index contributed by atoms with van der Waals surface area (Å²) >= 11 is 0. The number of hydrogen-bond acceptors (Lipinski definition) is 2. The number of para-hydroxylation sites is 1. The maximum Gasteiger partial charge on any atom is 0.116 e. The molecule has 0 amide bonds. The fraction of sp³-hybridized carbons (Fsp3) is 0.118. The molecule has 3 rings (SSSR count). The monoisotopic (exact) mass is 263 g/mol. The SMILES string of the molecule is Cc1ccc(-c2nn(-c3ccccc3)cc2N)c(C)c1. The Morgan fingerprint density at radius 1 is 1.00 bits per heavy atom. The standard InChI is InChI=1S/C17H17N3/c1-12-8-9-15(13(2)10-12)17-16(18)11-20(19-17)14-6-4-3-5-7-14/h3-11H,18H2,1-2H3. The van der Waals surface area contributed by atoms with Crippen LogP contribution in [0.3, 0.4) is 0 Å². The molecule has 2 aromatic carbocycles. The first-order valence-electron chi connectivity index (χ1n) is 6.63. The Balaban J connectivity index is 2.10. The van der Waals surface area contributed by atoms with Crippen LogP contribution in [0, 0.1) is 13.8 Å². The average Bonchev–Trinajstić information content (AvgIpc) is 2.82. The van der Waals surface area contributed by atoms with Crippen LogP contribution in [0.1, 0.15) is 11.1 Å². The molecule has 0 saturated heterocycles. The van der Waals surface area contributed by atoms with Gasteiger partial charge in [0.25, 0.3) is 0 Å². The van der Waals surface area contributed by atoms with Gasteiger partial charge in [0.05, 0.1) is 17.6 Å². The Kier molecular flexibility index (Phi) is 3.03. The quantitative estimate of drug-likeness (QED) is 0.765. The number of benzene rings is 2. The molecule has 0 aliphatic rings. The van der Waals surface area contributed by atoms with Crippen LogP contribution in [0.5, 0.6) is 0 Å². The van der Waals surface area contributed by atoms with Gasteiger partial charge in [-0.1, -0.05) is 42.0 Å². The fourth-order valence-electron chi connectivity index (χ4n) is 2.39. The van der Waals surface area contributed by atoms with Crippen molar-refractivity contribution in [1.82, 2.24) is 9.78 Å². The van der Waals surface area contributed by atoms with Gasteiger partial charge in [-0.25, -0.2) is 4.68 Å². The van der Waals surface area contributed by atoms with Gasteiger partial charge in [-0.15, -0.1) is 0 Å². The van der Waals surface area contributed by atoms with E-state index in [-0.39, 0.29) is 0 Å². The Morgan fingerprint density at radius 3 is 2.45 bits per heavy atom. The average molecular weight is 263 g/mol. The molecule has 3 nitrogen and oxygen atoms in total. The molecule has 0 atom stereocenters. The lowest BCUT2D eigenvalue weighted by Crippen LogP contribution is -1.94. The van der Waals surface area contributed by atoms with Crippen molar-refractivity contribution in [2.24, 2.45) is 0 Å². The van der Waals surface area contributed by atoms with E-state index < -0.39 is 0 Å². The summed E-state index contributed by atoms with van der Waals surface area (Å²) in [7, 11) is 0. The molecule has 0 saturated carbocycles. The van der Waals surface area contributed by atoms with Crippen LogP contribution in [-0.4, -0.2) is 9.78 Å². The maximum atomic E-state index is 6.13. The van der Waals surface area contributed by atoms with E-state index in [1.165, 1.54) is 11.1 Å². The lowest BCUT2D eigenvalue weighted by Gasteiger charge is -2.05. The number of hydrogen-bond donors (Lipinski definition) is 1. The summed E-state index contributed by atoms with van der Waals surface area (Å²) < 4.78 is 1.82. The Bertz CT molecular complexity index is 742. The molecule has 0 radical (unpaired) electrons. The Morgan fingerprint density at radius 2 is 1.75 bits per heavy atom. The van der Waals surface area contributed by atoms with Crippen molar-refractivity contribution in [1.29, 1.82) is 0 Å². The molecule has 100 valence electrons. The second-order valence-corrected chi connectivity index (χ2v) is 5.03. The third-order valence-electron chi connectivity index (χ3n) is 3.40. The first kappa shape index (κ1) is 12.5. The van der Waals surface area contributed by atoms with Crippen molar-refractivity contribution in [2.45, 2.75) is 13.8 Å². The fourth-order valence-corrected chi connectivity index (χ4v) is 2.39. The van der Waals surface area contributed by atoms with Gasteiger partial charge in [0.15, 0.2) is 0 Å². The summed E-state index contributed by atoms with van der Waals surface area (Å²) in [5.41, 5.74) is 12.2. The molecule has 0 unspecified atom stereocenters. The highest BCUT2D eigenvalue weighted by atomic mass is 15.3. The molecular weight excluding hydrogens is 246 g/mol. The van der Waals surface area contributed by atoms with Crippen LogP contribution in [-0.2, 0) is 0 Å². The van der Waals surface area contributed by atoms with Gasteiger partial charge < -0.3 is 5.73 Å². The van der Waals surface area contributed by atoms with Crippen molar-refractivity contribution in [2.75, 3.05) is 5.73 Å². The zero-order valence-corrected chi connectivity index (χ0v) is 11.7. The van der Waals surface area contributed by atoms with E-state index >= 15 is 0 Å². The predicted octanol–water partition coefficient (Wildman–Crippen LogP) is 3.74. The van der Waals surface area contributed by atoms with Gasteiger partial charge in [-0.05, 0) is 31.5 Å². The summed E-state index contributed by atoms with van der Waals surface area (Å²) in [6.07, 6.45) is 1.87. The third kappa shape index (κ3) is 2.18. The van der Waals surface area contributed by atoms with Gasteiger partial charge in [-0.3, -0.25) is 0 Å². The van der Waals surface area contributed by atoms with Crippen LogP contribution in [0.15, 0.2) is 54.7 Å². The van der Waals surface area contributed by atoms with Crippen molar-refractivity contribution in [3.8, 4) is 16.9 Å². The second-order valence-electron chi connectivity index (χ2n) is 5.03. The minimum atomic E-state index is 0.695. The van der Waals surface area contributed by atoms with Crippen LogP contribution >= 0.6 is 0 Å². The minimum absolute atomic E-state index is 0.695. The minimum Gasteiger partial charge on any atom is -0.396 e. The Labute approximate surface area is 118 Å². The van der Waals surface area contributed by atoms with Crippen LogP contribution in [0.25, 0.3) is 16.9 Å². The van der Waals surface area contributed by atoms with Gasteiger partial charge in [0.1, 0.15) is 5.69 Å². The van der Waals surface area contributed by atoms with Gasteiger partial charge in [0, 0.05) is 5.56 Å². The van der Waals surface area contributed by atoms with Crippen LogP contribution in [0.2, 0.25) is 0 Å². The number of nitrogens with two attached hydrogens (primary N) is 1. The number of nitrogens with zero attached hydrogens (tertiary/aromatic N) is 2. The van der Waals surface area contributed by atoms with Crippen molar-refractivity contribution in [3.05, 3.63) is 65.9 Å². The largest absolute Gasteiger partial charge is 0.396 e. The number of anilines is 1. The molecule has 0 aliphatic heterocycles. The number of rotatable bonds is 2. The summed E-state index contributed by atoms with van der Waals surface area (Å²) in [6, 6.07) is 16.3. The number of nitrogen functional groups attached to an aromatic ring is 1. The van der Waals surface area contributed by atoms with E-state index in [1.807, 2.05) is 41.2 Å². The van der Waals surface area contributed by atoms with Gasteiger partial charge in [-0.2, -0.15) is 5.10 Å². The highest BCUT2D eigenvalue weighted by Crippen LogP contribution is 2.28. The van der Waals surface area contributed by atoms with Crippen molar-refractivity contribution >= 4 is 5.69 Å². The van der Waals surface area contributed by atoms with E-state index in [0.29, 0.717) is 5.69 Å². The first-order chi connectivity index (χ1) is 9.65. The van der Waals surface area contributed by atoms with Gasteiger partial charge in [0.2, 0.25) is 0 Å². The molecule has 0 aliphatic carbocycles. The molecule has 3 heteroatoms. The predicted molar refractivity (Wildman–Crippen MR) is 82.9 cm³/mol. The number of aromatic nitrogens is 2. The second kappa shape index (κ2) is 4.85. The summed E-state index contributed by atoms with van der Waals surface area (Å²) in [6.45, 7) is 4.17. The molecule has 3 aromatic rings. The highest BCUT2D eigenvalue weighted by molar-refractivity contribution is 5.75. The molecule has 0 spiro atoms. The molecule has 1 aromatic heterocycles. The lowest BCUT2D eigenvalue weighted by molar-refractivity contribution is 0.884. The van der Waals surface area contributed by atoms with Crippen molar-refractivity contribution < 1.29 is 0 Å². The summed E-state index contributed by atoms with van der Waals surface area (Å²) in [4.78, 5) is 0. The molecule has 2 N–H and O–H groups in total. The smallest absolute Gasteiger partial charge is 0.116 e. The van der Waals surface area contributed by atoms with E-state index in [0.717, 1.165) is 16.9 Å². The topological polar surface area (TPSA) is 43.8 Å². The molecular formula is C17H17N3. The van der Waals surface area contributed by atoms with E-state index in [9.17, 15) is 0 Å². The maximum absolute atomic E-state index is 6.13. The third-order valence-corrected chi connectivity index (χ3v) is 3.40. The highest BCUT2D eigenvalue weighted by Gasteiger charge is 2.11. The van der Waals surface area contributed by atoms with Gasteiger partial charge >= 0.3 is 0 Å².